The molecule has 0 saturated carbocycles. The molecule has 1 fully saturated rings. The average Bonchev–Trinajstić information content (AvgIpc) is 3.19. The molecule has 0 spiro atoms. The second kappa shape index (κ2) is 6.09. The van der Waals surface area contributed by atoms with Crippen molar-refractivity contribution in [3.63, 3.8) is 0 Å². The number of hydrogen-bond donors (Lipinski definition) is 1. The highest BCUT2D eigenvalue weighted by molar-refractivity contribution is 5.25. The van der Waals surface area contributed by atoms with Crippen LogP contribution >= 0.6 is 0 Å². The van der Waals surface area contributed by atoms with E-state index in [2.05, 4.69) is 66.0 Å². The average molecular weight is 211 g/mol. The maximum atomic E-state index is 3.00. The fourth-order valence-corrected chi connectivity index (χ4v) is 1.43. The van der Waals surface area contributed by atoms with Gasteiger partial charge in [0.15, 0.2) is 0 Å². The van der Waals surface area contributed by atoms with E-state index in [1.165, 1.54) is 24.2 Å². The molecule has 0 amide bonds. The van der Waals surface area contributed by atoms with E-state index in [0.717, 1.165) is 6.42 Å². The molecule has 1 saturated heterocycles. The number of hydrogen-bond acceptors (Lipinski definition) is 1. The molecule has 1 heteroatoms. The normalized spacial score (nSPS) is 12.5. The summed E-state index contributed by atoms with van der Waals surface area (Å²) in [6, 6.07) is 21.1. The van der Waals surface area contributed by atoms with Crippen LogP contribution in [0.25, 0.3) is 0 Å². The third-order valence-corrected chi connectivity index (χ3v) is 2.34. The van der Waals surface area contributed by atoms with Crippen LogP contribution in [0.2, 0.25) is 0 Å². The maximum absolute atomic E-state index is 3.00. The summed E-state index contributed by atoms with van der Waals surface area (Å²) in [6.07, 6.45) is 1.03. The second-order valence-electron chi connectivity index (χ2n) is 3.90. The first kappa shape index (κ1) is 10.9. The smallest absolute Gasteiger partial charge is 0.00772 e. The van der Waals surface area contributed by atoms with Crippen LogP contribution in [0.5, 0.6) is 0 Å². The van der Waals surface area contributed by atoms with Gasteiger partial charge in [0.25, 0.3) is 0 Å². The summed E-state index contributed by atoms with van der Waals surface area (Å²) in [7, 11) is 0. The molecule has 2 aromatic carbocycles. The van der Waals surface area contributed by atoms with Crippen LogP contribution in [0.3, 0.4) is 0 Å². The molecule has 1 aliphatic heterocycles. The zero-order valence-corrected chi connectivity index (χ0v) is 9.39. The Morgan fingerprint density at radius 1 is 0.688 bits per heavy atom. The van der Waals surface area contributed by atoms with E-state index < -0.39 is 0 Å². The van der Waals surface area contributed by atoms with E-state index in [4.69, 9.17) is 0 Å². The molecule has 0 bridgehead atoms. The molecule has 1 nitrogen and oxygen atoms in total. The van der Waals surface area contributed by atoms with Gasteiger partial charge in [-0.05, 0) is 17.5 Å². The van der Waals surface area contributed by atoms with Gasteiger partial charge in [-0.25, -0.2) is 0 Å². The lowest BCUT2D eigenvalue weighted by Gasteiger charge is -2.00. The van der Waals surface area contributed by atoms with Crippen LogP contribution in [0.15, 0.2) is 60.7 Å². The lowest BCUT2D eigenvalue weighted by Crippen LogP contribution is -1.85. The number of rotatable bonds is 2. The summed E-state index contributed by atoms with van der Waals surface area (Å²) in [5, 5.41) is 3.00. The Labute approximate surface area is 97.1 Å². The standard InChI is InChI=1S/C13H12.C2H5N/c1-3-7-12(8-4-1)11-13-9-5-2-6-10-13;1-2-3-1/h1-10H,11H2;3H,1-2H2. The zero-order valence-electron chi connectivity index (χ0n) is 9.39. The summed E-state index contributed by atoms with van der Waals surface area (Å²) in [6.45, 7) is 2.50. The highest BCUT2D eigenvalue weighted by Crippen LogP contribution is 2.07. The number of nitrogens with one attached hydrogen (secondary N) is 1. The van der Waals surface area contributed by atoms with Crippen molar-refractivity contribution in [2.24, 2.45) is 0 Å². The minimum absolute atomic E-state index is 1.03. The van der Waals surface area contributed by atoms with Gasteiger partial charge in [0.05, 0.1) is 0 Å². The molecule has 1 heterocycles. The van der Waals surface area contributed by atoms with E-state index in [9.17, 15) is 0 Å². The van der Waals surface area contributed by atoms with Crippen LogP contribution in [0, 0.1) is 0 Å². The van der Waals surface area contributed by atoms with Gasteiger partial charge in [0, 0.05) is 13.1 Å². The molecule has 0 unspecified atom stereocenters. The summed E-state index contributed by atoms with van der Waals surface area (Å²) < 4.78 is 0. The monoisotopic (exact) mass is 211 g/mol. The lowest BCUT2D eigenvalue weighted by atomic mass is 10.1. The van der Waals surface area contributed by atoms with E-state index in [1.54, 1.807) is 0 Å². The van der Waals surface area contributed by atoms with Gasteiger partial charge < -0.3 is 5.32 Å². The van der Waals surface area contributed by atoms with Crippen molar-refractivity contribution in [3.05, 3.63) is 71.8 Å². The Morgan fingerprint density at radius 2 is 1.06 bits per heavy atom. The van der Waals surface area contributed by atoms with Gasteiger partial charge in [-0.3, -0.25) is 0 Å². The van der Waals surface area contributed by atoms with Gasteiger partial charge in [0.2, 0.25) is 0 Å². The zero-order chi connectivity index (χ0) is 11.1. The SMILES string of the molecule is C1CN1.c1ccc(Cc2ccccc2)cc1. The molecule has 16 heavy (non-hydrogen) atoms. The molecule has 1 aliphatic rings. The van der Waals surface area contributed by atoms with Gasteiger partial charge in [-0.15, -0.1) is 0 Å². The molecule has 0 aliphatic carbocycles. The summed E-state index contributed by atoms with van der Waals surface area (Å²) in [5.74, 6) is 0. The highest BCUT2D eigenvalue weighted by atomic mass is 15.0. The van der Waals surface area contributed by atoms with Crippen molar-refractivity contribution < 1.29 is 0 Å². The molecule has 82 valence electrons. The third kappa shape index (κ3) is 4.28. The molecular weight excluding hydrogens is 194 g/mol. The molecule has 0 atom stereocenters. The van der Waals surface area contributed by atoms with Gasteiger partial charge in [-0.1, -0.05) is 60.7 Å². The second-order valence-corrected chi connectivity index (χ2v) is 3.90. The van der Waals surface area contributed by atoms with E-state index >= 15 is 0 Å². The van der Waals surface area contributed by atoms with Crippen LogP contribution < -0.4 is 5.32 Å². The largest absolute Gasteiger partial charge is 0.314 e. The highest BCUT2D eigenvalue weighted by Gasteiger charge is 1.92. The molecular formula is C15H17N. The number of benzene rings is 2. The molecule has 0 radical (unpaired) electrons. The van der Waals surface area contributed by atoms with Crippen LogP contribution in [-0.4, -0.2) is 13.1 Å². The van der Waals surface area contributed by atoms with Crippen molar-refractivity contribution in [3.8, 4) is 0 Å². The summed E-state index contributed by atoms with van der Waals surface area (Å²) in [5.41, 5.74) is 2.74. The minimum atomic E-state index is 1.03. The topological polar surface area (TPSA) is 21.9 Å². The summed E-state index contributed by atoms with van der Waals surface area (Å²) >= 11 is 0. The summed E-state index contributed by atoms with van der Waals surface area (Å²) in [4.78, 5) is 0. The first-order chi connectivity index (χ1) is 7.95. The predicted molar refractivity (Wildman–Crippen MR) is 68.6 cm³/mol. The van der Waals surface area contributed by atoms with Crippen molar-refractivity contribution >= 4 is 0 Å². The van der Waals surface area contributed by atoms with E-state index in [0.29, 0.717) is 0 Å². The Kier molecular flexibility index (Phi) is 4.15. The van der Waals surface area contributed by atoms with Crippen LogP contribution in [0.4, 0.5) is 0 Å². The van der Waals surface area contributed by atoms with Gasteiger partial charge >= 0.3 is 0 Å². The van der Waals surface area contributed by atoms with Crippen molar-refractivity contribution in [1.29, 1.82) is 0 Å². The van der Waals surface area contributed by atoms with Crippen LogP contribution in [-0.2, 0) is 6.42 Å². The van der Waals surface area contributed by atoms with E-state index in [1.807, 2.05) is 0 Å². The molecule has 2 aromatic rings. The lowest BCUT2D eigenvalue weighted by molar-refractivity contribution is 1.19. The van der Waals surface area contributed by atoms with E-state index in [-0.39, 0.29) is 0 Å². The Balaban J connectivity index is 0.000000278. The van der Waals surface area contributed by atoms with Gasteiger partial charge in [-0.2, -0.15) is 0 Å². The van der Waals surface area contributed by atoms with Crippen LogP contribution in [0.1, 0.15) is 11.1 Å². The first-order valence-electron chi connectivity index (χ1n) is 5.74. The van der Waals surface area contributed by atoms with Crippen molar-refractivity contribution in [2.45, 2.75) is 6.42 Å². The van der Waals surface area contributed by atoms with Crippen molar-refractivity contribution in [2.75, 3.05) is 13.1 Å². The predicted octanol–water partition coefficient (Wildman–Crippen LogP) is 2.87. The molecule has 1 N–H and O–H groups in total. The molecule has 0 aromatic heterocycles. The fourth-order valence-electron chi connectivity index (χ4n) is 1.43. The quantitative estimate of drug-likeness (QED) is 0.758. The Hall–Kier alpha value is -1.60. The van der Waals surface area contributed by atoms with Gasteiger partial charge in [0.1, 0.15) is 0 Å². The third-order valence-electron chi connectivity index (χ3n) is 2.34. The Bertz CT molecular complexity index is 352. The maximum Gasteiger partial charge on any atom is 0.00772 e. The Morgan fingerprint density at radius 3 is 1.38 bits per heavy atom. The molecule has 3 rings (SSSR count). The first-order valence-corrected chi connectivity index (χ1v) is 5.74. The fraction of sp³-hybridized carbons (Fsp3) is 0.200. The minimum Gasteiger partial charge on any atom is -0.314 e. The van der Waals surface area contributed by atoms with Crippen molar-refractivity contribution in [1.82, 2.24) is 5.32 Å².